The molecule has 0 saturated carbocycles. The minimum absolute atomic E-state index is 0.146. The summed E-state index contributed by atoms with van der Waals surface area (Å²) in [5.74, 6) is -2.69. The van der Waals surface area contributed by atoms with Crippen molar-refractivity contribution in [1.29, 1.82) is 0 Å². The third kappa shape index (κ3) is 4.84. The Bertz CT molecular complexity index is 480. The molecular weight excluding hydrogens is 275 g/mol. The highest BCUT2D eigenvalue weighted by atomic mass is 35.5. The van der Waals surface area contributed by atoms with Crippen LogP contribution in [0.5, 0.6) is 0 Å². The zero-order valence-corrected chi connectivity index (χ0v) is 11.0. The molecule has 0 aliphatic rings. The minimum atomic E-state index is -0.994. The molecular formula is C12H14ClFN2O3. The molecule has 104 valence electrons. The number of halogens is 2. The second-order valence-electron chi connectivity index (χ2n) is 3.95. The van der Waals surface area contributed by atoms with E-state index >= 15 is 0 Å². The lowest BCUT2D eigenvalue weighted by Crippen LogP contribution is -2.36. The van der Waals surface area contributed by atoms with E-state index < -0.39 is 23.7 Å². The van der Waals surface area contributed by atoms with E-state index in [0.29, 0.717) is 6.42 Å². The van der Waals surface area contributed by atoms with Gasteiger partial charge in [0.2, 0.25) is 0 Å². The van der Waals surface area contributed by atoms with Crippen LogP contribution in [-0.4, -0.2) is 29.6 Å². The van der Waals surface area contributed by atoms with Crippen molar-refractivity contribution in [2.24, 2.45) is 0 Å². The molecule has 0 fully saturated rings. The Labute approximate surface area is 114 Å². The van der Waals surface area contributed by atoms with Crippen LogP contribution in [0, 0.1) is 5.82 Å². The van der Waals surface area contributed by atoms with Gasteiger partial charge in [-0.05, 0) is 25.5 Å². The van der Waals surface area contributed by atoms with E-state index in [2.05, 4.69) is 10.6 Å². The van der Waals surface area contributed by atoms with Gasteiger partial charge in [-0.2, -0.15) is 0 Å². The molecule has 1 unspecified atom stereocenters. The molecule has 0 aliphatic heterocycles. The van der Waals surface area contributed by atoms with Gasteiger partial charge < -0.3 is 15.7 Å². The summed E-state index contributed by atoms with van der Waals surface area (Å²) in [4.78, 5) is 22.8. The van der Waals surface area contributed by atoms with Gasteiger partial charge in [-0.25, -0.2) is 4.39 Å². The molecule has 1 aromatic rings. The first-order valence-electron chi connectivity index (χ1n) is 5.63. The van der Waals surface area contributed by atoms with Gasteiger partial charge >= 0.3 is 11.8 Å². The highest BCUT2D eigenvalue weighted by molar-refractivity contribution is 6.39. The maximum atomic E-state index is 13.5. The molecule has 0 aromatic heterocycles. The van der Waals surface area contributed by atoms with Crippen LogP contribution in [0.15, 0.2) is 18.2 Å². The number of benzene rings is 1. The zero-order valence-electron chi connectivity index (χ0n) is 10.2. The average Bonchev–Trinajstić information content (AvgIpc) is 2.34. The largest absolute Gasteiger partial charge is 0.393 e. The summed E-state index contributed by atoms with van der Waals surface area (Å²) < 4.78 is 13.5. The molecule has 19 heavy (non-hydrogen) atoms. The minimum Gasteiger partial charge on any atom is -0.393 e. The fourth-order valence-electron chi connectivity index (χ4n) is 1.25. The number of nitrogens with one attached hydrogen (secondary N) is 2. The van der Waals surface area contributed by atoms with Crippen molar-refractivity contribution in [2.75, 3.05) is 11.9 Å². The topological polar surface area (TPSA) is 78.4 Å². The van der Waals surface area contributed by atoms with Crippen molar-refractivity contribution in [3.05, 3.63) is 29.0 Å². The maximum Gasteiger partial charge on any atom is 0.313 e. The van der Waals surface area contributed by atoms with Crippen LogP contribution in [0.3, 0.4) is 0 Å². The lowest BCUT2D eigenvalue weighted by molar-refractivity contribution is -0.136. The average molecular weight is 289 g/mol. The monoisotopic (exact) mass is 288 g/mol. The van der Waals surface area contributed by atoms with Crippen molar-refractivity contribution in [2.45, 2.75) is 19.4 Å². The lowest BCUT2D eigenvalue weighted by Gasteiger charge is -2.08. The summed E-state index contributed by atoms with van der Waals surface area (Å²) in [5, 5.41) is 13.3. The van der Waals surface area contributed by atoms with Crippen LogP contribution in [0.1, 0.15) is 13.3 Å². The lowest BCUT2D eigenvalue weighted by atomic mass is 10.3. The number of amides is 2. The van der Waals surface area contributed by atoms with Crippen molar-refractivity contribution in [1.82, 2.24) is 5.32 Å². The second kappa shape index (κ2) is 7.06. The number of carbonyl (C=O) groups is 2. The Kier molecular flexibility index (Phi) is 5.72. The first-order chi connectivity index (χ1) is 8.91. The second-order valence-corrected chi connectivity index (χ2v) is 4.36. The molecule has 3 N–H and O–H groups in total. The van der Waals surface area contributed by atoms with Gasteiger partial charge in [-0.1, -0.05) is 17.7 Å². The molecule has 0 spiro atoms. The first-order valence-corrected chi connectivity index (χ1v) is 6.01. The van der Waals surface area contributed by atoms with E-state index in [9.17, 15) is 14.0 Å². The molecule has 0 bridgehead atoms. The van der Waals surface area contributed by atoms with Crippen LogP contribution in [0.4, 0.5) is 10.1 Å². The third-order valence-electron chi connectivity index (χ3n) is 2.25. The number of aliphatic hydroxyl groups excluding tert-OH is 1. The van der Waals surface area contributed by atoms with Gasteiger partial charge in [0.1, 0.15) is 0 Å². The van der Waals surface area contributed by atoms with Gasteiger partial charge in [-0.15, -0.1) is 0 Å². The molecule has 1 atom stereocenters. The Morgan fingerprint density at radius 3 is 2.74 bits per heavy atom. The van der Waals surface area contributed by atoms with E-state index in [-0.39, 0.29) is 17.3 Å². The van der Waals surface area contributed by atoms with Gasteiger partial charge in [0.25, 0.3) is 0 Å². The maximum absolute atomic E-state index is 13.5. The number of hydrogen-bond donors (Lipinski definition) is 3. The fourth-order valence-corrected chi connectivity index (χ4v) is 1.43. The summed E-state index contributed by atoms with van der Waals surface area (Å²) in [7, 11) is 0. The van der Waals surface area contributed by atoms with Crippen molar-refractivity contribution in [3.8, 4) is 0 Å². The predicted molar refractivity (Wildman–Crippen MR) is 69.3 cm³/mol. The van der Waals surface area contributed by atoms with Crippen LogP contribution in [-0.2, 0) is 9.59 Å². The van der Waals surface area contributed by atoms with Crippen LogP contribution in [0.25, 0.3) is 0 Å². The van der Waals surface area contributed by atoms with Crippen LogP contribution < -0.4 is 10.6 Å². The molecule has 0 heterocycles. The Balaban J connectivity index is 2.55. The van der Waals surface area contributed by atoms with E-state index in [1.54, 1.807) is 6.92 Å². The SMILES string of the molecule is CC(O)CCNC(=O)C(=O)Nc1cccc(Cl)c1F. The smallest absolute Gasteiger partial charge is 0.313 e. The molecule has 1 rings (SSSR count). The highest BCUT2D eigenvalue weighted by Gasteiger charge is 2.16. The van der Waals surface area contributed by atoms with Crippen molar-refractivity contribution < 1.29 is 19.1 Å². The van der Waals surface area contributed by atoms with Crippen LogP contribution in [0.2, 0.25) is 5.02 Å². The molecule has 1 aromatic carbocycles. The number of aliphatic hydroxyl groups is 1. The van der Waals surface area contributed by atoms with E-state index in [4.69, 9.17) is 16.7 Å². The fraction of sp³-hybridized carbons (Fsp3) is 0.333. The Morgan fingerprint density at radius 2 is 2.11 bits per heavy atom. The third-order valence-corrected chi connectivity index (χ3v) is 2.55. The molecule has 7 heteroatoms. The summed E-state index contributed by atoms with van der Waals surface area (Å²) in [6.07, 6.45) is -0.251. The summed E-state index contributed by atoms with van der Waals surface area (Å²) in [5.41, 5.74) is -0.164. The van der Waals surface area contributed by atoms with E-state index in [1.165, 1.54) is 18.2 Å². The number of rotatable bonds is 4. The summed E-state index contributed by atoms with van der Waals surface area (Å²) in [6.45, 7) is 1.72. The predicted octanol–water partition coefficient (Wildman–Crippen LogP) is 1.30. The standard InChI is InChI=1S/C12H14ClFN2O3/c1-7(17)5-6-15-11(18)12(19)16-9-4-2-3-8(13)10(9)14/h2-4,7,17H,5-6H2,1H3,(H,15,18)(H,16,19). The number of hydrogen-bond acceptors (Lipinski definition) is 3. The van der Waals surface area contributed by atoms with Gasteiger partial charge in [0.05, 0.1) is 16.8 Å². The zero-order chi connectivity index (χ0) is 14.4. The number of anilines is 1. The number of carbonyl (C=O) groups excluding carboxylic acids is 2. The van der Waals surface area contributed by atoms with Gasteiger partial charge in [-0.3, -0.25) is 9.59 Å². The quantitative estimate of drug-likeness (QED) is 0.731. The molecule has 0 saturated heterocycles. The highest BCUT2D eigenvalue weighted by Crippen LogP contribution is 2.21. The van der Waals surface area contributed by atoms with Gasteiger partial charge in [0.15, 0.2) is 5.82 Å². The summed E-state index contributed by atoms with van der Waals surface area (Å²) >= 11 is 5.54. The van der Waals surface area contributed by atoms with Gasteiger partial charge in [0, 0.05) is 6.54 Å². The normalized spacial score (nSPS) is 11.8. The van der Waals surface area contributed by atoms with Crippen molar-refractivity contribution in [3.63, 3.8) is 0 Å². The van der Waals surface area contributed by atoms with Crippen molar-refractivity contribution >= 4 is 29.1 Å². The molecule has 5 nitrogen and oxygen atoms in total. The Hall–Kier alpha value is -1.66. The molecule has 0 radical (unpaired) electrons. The summed E-state index contributed by atoms with van der Waals surface area (Å²) in [6, 6.07) is 4.07. The molecule has 0 aliphatic carbocycles. The Morgan fingerprint density at radius 1 is 1.42 bits per heavy atom. The van der Waals surface area contributed by atoms with E-state index in [1.807, 2.05) is 0 Å². The molecule has 2 amide bonds. The first kappa shape index (κ1) is 15.4. The van der Waals surface area contributed by atoms with E-state index in [0.717, 1.165) is 0 Å². The van der Waals surface area contributed by atoms with Crippen LogP contribution >= 0.6 is 11.6 Å².